The molecule has 0 radical (unpaired) electrons. The Kier molecular flexibility index (Phi) is 9.45. The lowest BCUT2D eigenvalue weighted by Crippen LogP contribution is -2.52. The first-order valence-electron chi connectivity index (χ1n) is 11.6. The van der Waals surface area contributed by atoms with Gasteiger partial charge >= 0.3 is 0 Å². The molecule has 1 aliphatic rings. The number of methoxy groups -OCH3 is 1. The topological polar surface area (TPSA) is 58.6 Å². The Hall–Kier alpha value is -2.24. The number of carbonyl (C=O) groups excluding carboxylic acids is 2. The summed E-state index contributed by atoms with van der Waals surface area (Å²) in [5, 5.41) is 4.14. The van der Waals surface area contributed by atoms with Gasteiger partial charge in [-0.1, -0.05) is 67.6 Å². The number of hydrogen-bond acceptors (Lipinski definition) is 3. The van der Waals surface area contributed by atoms with Gasteiger partial charge in [-0.15, -0.1) is 0 Å². The first kappa shape index (κ1) is 25.4. The number of nitrogens with one attached hydrogen (secondary N) is 1. The summed E-state index contributed by atoms with van der Waals surface area (Å²) in [6.45, 7) is 2.09. The van der Waals surface area contributed by atoms with E-state index in [1.54, 1.807) is 30.2 Å². The second-order valence-corrected chi connectivity index (χ2v) is 9.33. The average molecular weight is 491 g/mol. The highest BCUT2D eigenvalue weighted by Crippen LogP contribution is 2.28. The van der Waals surface area contributed by atoms with Gasteiger partial charge in [0.2, 0.25) is 11.8 Å². The first-order valence-corrected chi connectivity index (χ1v) is 12.3. The highest BCUT2D eigenvalue weighted by Gasteiger charge is 2.31. The maximum Gasteiger partial charge on any atom is 0.243 e. The third-order valence-electron chi connectivity index (χ3n) is 6.24. The zero-order valence-electron chi connectivity index (χ0n) is 19.3. The highest BCUT2D eigenvalue weighted by molar-refractivity contribution is 6.36. The molecular weight excluding hydrogens is 459 g/mol. The summed E-state index contributed by atoms with van der Waals surface area (Å²) in [5.41, 5.74) is 1.49. The molecule has 1 aliphatic carbocycles. The molecule has 33 heavy (non-hydrogen) atoms. The van der Waals surface area contributed by atoms with Gasteiger partial charge < -0.3 is 15.0 Å². The Morgan fingerprint density at radius 3 is 2.27 bits per heavy atom. The van der Waals surface area contributed by atoms with E-state index in [0.717, 1.165) is 37.0 Å². The van der Waals surface area contributed by atoms with Crippen LogP contribution in [0.2, 0.25) is 10.0 Å². The first-order chi connectivity index (χ1) is 15.9. The summed E-state index contributed by atoms with van der Waals surface area (Å²) >= 11 is 12.8. The number of halogens is 2. The van der Waals surface area contributed by atoms with Crippen molar-refractivity contribution in [3.63, 3.8) is 0 Å². The van der Waals surface area contributed by atoms with Gasteiger partial charge in [0.25, 0.3) is 0 Å². The number of benzene rings is 2. The quantitative estimate of drug-likeness (QED) is 0.482. The normalized spacial score (nSPS) is 15.0. The minimum absolute atomic E-state index is 0.115. The van der Waals surface area contributed by atoms with E-state index in [4.69, 9.17) is 27.9 Å². The van der Waals surface area contributed by atoms with E-state index in [0.29, 0.717) is 22.0 Å². The predicted octanol–water partition coefficient (Wildman–Crippen LogP) is 5.80. The minimum Gasteiger partial charge on any atom is -0.497 e. The van der Waals surface area contributed by atoms with E-state index in [1.165, 1.54) is 6.42 Å². The lowest BCUT2D eigenvalue weighted by atomic mass is 9.95. The monoisotopic (exact) mass is 490 g/mol. The Labute approximate surface area is 206 Å². The molecule has 1 saturated carbocycles. The summed E-state index contributed by atoms with van der Waals surface area (Å²) in [6.07, 6.45) is 6.08. The van der Waals surface area contributed by atoms with Gasteiger partial charge in [0.1, 0.15) is 11.8 Å². The van der Waals surface area contributed by atoms with Gasteiger partial charge in [0.05, 0.1) is 13.5 Å². The molecule has 2 aromatic rings. The fourth-order valence-corrected chi connectivity index (χ4v) is 4.85. The Morgan fingerprint density at radius 2 is 1.70 bits per heavy atom. The van der Waals surface area contributed by atoms with Crippen LogP contribution in [0.5, 0.6) is 5.75 Å². The smallest absolute Gasteiger partial charge is 0.243 e. The molecule has 0 heterocycles. The Bertz CT molecular complexity index is 923. The van der Waals surface area contributed by atoms with Crippen LogP contribution in [0.3, 0.4) is 0 Å². The molecule has 1 atom stereocenters. The molecule has 5 nitrogen and oxygen atoms in total. The van der Waals surface area contributed by atoms with E-state index >= 15 is 0 Å². The van der Waals surface area contributed by atoms with Crippen molar-refractivity contribution in [1.82, 2.24) is 10.2 Å². The van der Waals surface area contributed by atoms with E-state index in [-0.39, 0.29) is 30.8 Å². The number of nitrogens with zero attached hydrogens (tertiary/aromatic N) is 1. The Balaban J connectivity index is 1.85. The third kappa shape index (κ3) is 6.87. The zero-order valence-corrected chi connectivity index (χ0v) is 20.8. The van der Waals surface area contributed by atoms with Crippen LogP contribution in [0.1, 0.15) is 56.6 Å². The van der Waals surface area contributed by atoms with Crippen molar-refractivity contribution in [3.05, 3.63) is 63.6 Å². The van der Waals surface area contributed by atoms with Crippen LogP contribution < -0.4 is 10.1 Å². The van der Waals surface area contributed by atoms with Crippen molar-refractivity contribution < 1.29 is 14.3 Å². The van der Waals surface area contributed by atoms with Gasteiger partial charge in [-0.2, -0.15) is 0 Å². The second-order valence-electron chi connectivity index (χ2n) is 8.51. The molecule has 1 fully saturated rings. The standard InChI is InChI=1S/C26H32Cl2N2O3/c1-3-24(26(32)29-19-8-5-4-6-9-19)30(17-21-22(27)10-7-11-23(21)28)25(31)16-18-12-14-20(33-2)15-13-18/h7,10-15,19,24H,3-6,8-9,16-17H2,1-2H3,(H,29,32)/t24-/m1/s1. The fourth-order valence-electron chi connectivity index (χ4n) is 4.34. The summed E-state index contributed by atoms with van der Waals surface area (Å²) in [5.74, 6) is 0.460. The molecule has 0 bridgehead atoms. The molecule has 2 amide bonds. The van der Waals surface area contributed by atoms with Crippen molar-refractivity contribution in [1.29, 1.82) is 0 Å². The van der Waals surface area contributed by atoms with Crippen LogP contribution in [0.25, 0.3) is 0 Å². The van der Waals surface area contributed by atoms with Crippen LogP contribution in [-0.2, 0) is 22.6 Å². The zero-order chi connectivity index (χ0) is 23.8. The maximum atomic E-state index is 13.5. The molecule has 0 spiro atoms. The predicted molar refractivity (Wildman–Crippen MR) is 133 cm³/mol. The minimum atomic E-state index is -0.606. The molecular formula is C26H32Cl2N2O3. The molecule has 0 aliphatic heterocycles. The van der Waals surface area contributed by atoms with Crippen LogP contribution in [-0.4, -0.2) is 35.9 Å². The lowest BCUT2D eigenvalue weighted by molar-refractivity contribution is -0.141. The molecule has 7 heteroatoms. The fraction of sp³-hybridized carbons (Fsp3) is 0.462. The molecule has 0 unspecified atom stereocenters. The summed E-state index contributed by atoms with van der Waals surface area (Å²) in [4.78, 5) is 28.4. The Morgan fingerprint density at radius 1 is 1.06 bits per heavy atom. The molecule has 0 aromatic heterocycles. The molecule has 2 aromatic carbocycles. The van der Waals surface area contributed by atoms with Gasteiger partial charge in [-0.3, -0.25) is 9.59 Å². The highest BCUT2D eigenvalue weighted by atomic mass is 35.5. The summed E-state index contributed by atoms with van der Waals surface area (Å²) < 4.78 is 5.21. The second kappa shape index (κ2) is 12.3. The van der Waals surface area contributed by atoms with E-state index in [1.807, 2.05) is 31.2 Å². The number of rotatable bonds is 9. The van der Waals surface area contributed by atoms with Crippen molar-refractivity contribution in [2.45, 2.75) is 70.5 Å². The van der Waals surface area contributed by atoms with E-state index < -0.39 is 6.04 Å². The van der Waals surface area contributed by atoms with Crippen molar-refractivity contribution in [2.24, 2.45) is 0 Å². The van der Waals surface area contributed by atoms with Crippen molar-refractivity contribution >= 4 is 35.0 Å². The average Bonchev–Trinajstić information content (AvgIpc) is 2.82. The number of carbonyl (C=O) groups is 2. The van der Waals surface area contributed by atoms with Gasteiger partial charge in [0.15, 0.2) is 0 Å². The molecule has 1 N–H and O–H groups in total. The third-order valence-corrected chi connectivity index (χ3v) is 6.95. The van der Waals surface area contributed by atoms with Crippen LogP contribution >= 0.6 is 23.2 Å². The van der Waals surface area contributed by atoms with Gasteiger partial charge in [-0.05, 0) is 49.1 Å². The number of ether oxygens (including phenoxy) is 1. The SMILES string of the molecule is CC[C@H](C(=O)NC1CCCCC1)N(Cc1c(Cl)cccc1Cl)C(=O)Cc1ccc(OC)cc1. The summed E-state index contributed by atoms with van der Waals surface area (Å²) in [7, 11) is 1.60. The van der Waals surface area contributed by atoms with Crippen LogP contribution in [0, 0.1) is 0 Å². The lowest BCUT2D eigenvalue weighted by Gasteiger charge is -2.33. The molecule has 0 saturated heterocycles. The van der Waals surface area contributed by atoms with Crippen LogP contribution in [0.4, 0.5) is 0 Å². The van der Waals surface area contributed by atoms with E-state index in [2.05, 4.69) is 5.32 Å². The molecule has 3 rings (SSSR count). The van der Waals surface area contributed by atoms with Gasteiger partial charge in [0, 0.05) is 28.2 Å². The van der Waals surface area contributed by atoms with E-state index in [9.17, 15) is 9.59 Å². The number of hydrogen-bond donors (Lipinski definition) is 1. The summed E-state index contributed by atoms with van der Waals surface area (Å²) in [6, 6.07) is 12.2. The van der Waals surface area contributed by atoms with Gasteiger partial charge in [-0.25, -0.2) is 0 Å². The maximum absolute atomic E-state index is 13.5. The largest absolute Gasteiger partial charge is 0.497 e. The van der Waals surface area contributed by atoms with Crippen LogP contribution in [0.15, 0.2) is 42.5 Å². The molecule has 178 valence electrons. The van der Waals surface area contributed by atoms with Crippen molar-refractivity contribution in [3.8, 4) is 5.75 Å². The number of amides is 2. The van der Waals surface area contributed by atoms with Crippen molar-refractivity contribution in [2.75, 3.05) is 7.11 Å².